The number of rotatable bonds is 3. The molecule has 1 aromatic heterocycles. The summed E-state index contributed by atoms with van der Waals surface area (Å²) in [6.45, 7) is -1.45. The molecule has 0 bridgehead atoms. The van der Waals surface area contributed by atoms with Crippen LogP contribution in [0.2, 0.25) is 0 Å². The van der Waals surface area contributed by atoms with Gasteiger partial charge in [0, 0.05) is 4.08 Å². The fourth-order valence-electron chi connectivity index (χ4n) is 0.726. The number of ether oxygens (including phenoxy) is 1. The quantitative estimate of drug-likeness (QED) is 0.622. The molecular weight excluding hydrogens is 343 g/mol. The molecule has 16 heavy (non-hydrogen) atoms. The maximum absolute atomic E-state index is 12.9. The Morgan fingerprint density at radius 2 is 2.06 bits per heavy atom. The molecule has 0 saturated carbocycles. The fraction of sp³-hybridized carbons (Fsp3) is 0.250. The van der Waals surface area contributed by atoms with Crippen molar-refractivity contribution in [3.63, 3.8) is 0 Å². The molecule has 0 N–H and O–H groups in total. The van der Waals surface area contributed by atoms with Crippen molar-refractivity contribution in [2.24, 2.45) is 0 Å². The van der Waals surface area contributed by atoms with Crippen molar-refractivity contribution in [3.8, 4) is 5.88 Å². The zero-order valence-electron chi connectivity index (χ0n) is 7.63. The summed E-state index contributed by atoms with van der Waals surface area (Å²) in [6, 6.07) is 0. The van der Waals surface area contributed by atoms with Gasteiger partial charge >= 0.3 is 6.18 Å². The van der Waals surface area contributed by atoms with E-state index in [4.69, 9.17) is 0 Å². The van der Waals surface area contributed by atoms with Crippen molar-refractivity contribution in [2.75, 3.05) is 6.61 Å². The second-order valence-electron chi connectivity index (χ2n) is 2.60. The van der Waals surface area contributed by atoms with Gasteiger partial charge in [0.15, 0.2) is 12.4 Å². The summed E-state index contributed by atoms with van der Waals surface area (Å²) in [5.41, 5.74) is -0.0613. The Bertz CT molecular complexity index is 377. The Hall–Kier alpha value is -0.930. The lowest BCUT2D eigenvalue weighted by molar-refractivity contribution is -0.154. The van der Waals surface area contributed by atoms with E-state index in [1.807, 2.05) is 0 Å². The Balaban J connectivity index is 2.65. The average Bonchev–Trinajstić information content (AvgIpc) is 2.25. The van der Waals surface area contributed by atoms with Crippen LogP contribution in [0, 0.1) is 0 Å². The van der Waals surface area contributed by atoms with Gasteiger partial charge in [-0.2, -0.15) is 13.2 Å². The van der Waals surface area contributed by atoms with Crippen molar-refractivity contribution in [3.05, 3.63) is 22.2 Å². The lowest BCUT2D eigenvalue weighted by Crippen LogP contribution is -2.19. The maximum Gasteiger partial charge on any atom is 0.422 e. The van der Waals surface area contributed by atoms with Crippen molar-refractivity contribution >= 4 is 28.4 Å². The molecule has 8 heteroatoms. The SMILES string of the molecule is F/C(=C\I)c1cnc(OCC(F)(F)F)cn1. The van der Waals surface area contributed by atoms with Crippen LogP contribution in [-0.2, 0) is 0 Å². The first-order valence-corrected chi connectivity index (χ1v) is 5.15. The topological polar surface area (TPSA) is 35.0 Å². The number of nitrogens with zero attached hydrogens (tertiary/aromatic N) is 2. The van der Waals surface area contributed by atoms with E-state index in [0.717, 1.165) is 16.5 Å². The third-order valence-corrected chi connectivity index (χ3v) is 1.90. The molecule has 0 spiro atoms. The second-order valence-corrected chi connectivity index (χ2v) is 3.22. The van der Waals surface area contributed by atoms with Crippen LogP contribution in [0.4, 0.5) is 17.6 Å². The van der Waals surface area contributed by atoms with Gasteiger partial charge in [-0.25, -0.2) is 14.4 Å². The monoisotopic (exact) mass is 348 g/mol. The highest BCUT2D eigenvalue weighted by molar-refractivity contribution is 14.1. The van der Waals surface area contributed by atoms with Crippen LogP contribution in [-0.4, -0.2) is 22.8 Å². The minimum Gasteiger partial charge on any atom is -0.467 e. The molecule has 0 aliphatic carbocycles. The van der Waals surface area contributed by atoms with E-state index in [0.29, 0.717) is 0 Å². The molecule has 0 saturated heterocycles. The summed E-state index contributed by atoms with van der Waals surface area (Å²) in [5.74, 6) is -0.919. The Kier molecular flexibility index (Phi) is 4.44. The molecule has 0 amide bonds. The number of alkyl halides is 3. The predicted octanol–water partition coefficient (Wildman–Crippen LogP) is 3.12. The van der Waals surface area contributed by atoms with E-state index >= 15 is 0 Å². The lowest BCUT2D eigenvalue weighted by atomic mass is 10.4. The molecule has 1 aromatic rings. The molecule has 0 aromatic carbocycles. The van der Waals surface area contributed by atoms with Gasteiger partial charge in [-0.1, -0.05) is 0 Å². The van der Waals surface area contributed by atoms with E-state index in [1.54, 1.807) is 22.6 Å². The molecule has 0 aliphatic heterocycles. The van der Waals surface area contributed by atoms with Gasteiger partial charge in [0.25, 0.3) is 0 Å². The van der Waals surface area contributed by atoms with E-state index in [2.05, 4.69) is 14.7 Å². The number of aromatic nitrogens is 2. The molecule has 0 radical (unpaired) electrons. The zero-order valence-corrected chi connectivity index (χ0v) is 9.79. The van der Waals surface area contributed by atoms with Crippen LogP contribution in [0.25, 0.3) is 5.83 Å². The van der Waals surface area contributed by atoms with Gasteiger partial charge in [-0.3, -0.25) is 0 Å². The van der Waals surface area contributed by atoms with Gasteiger partial charge in [0.2, 0.25) is 5.88 Å². The first kappa shape index (κ1) is 13.1. The van der Waals surface area contributed by atoms with Crippen LogP contribution >= 0.6 is 22.6 Å². The second kappa shape index (κ2) is 5.41. The van der Waals surface area contributed by atoms with Gasteiger partial charge in [-0.05, 0) is 22.6 Å². The Morgan fingerprint density at radius 1 is 1.38 bits per heavy atom. The van der Waals surface area contributed by atoms with Crippen LogP contribution in [0.15, 0.2) is 16.5 Å². The molecule has 0 aliphatic rings. The number of hydrogen-bond donors (Lipinski definition) is 0. The summed E-state index contributed by atoms with van der Waals surface area (Å²) < 4.78 is 53.6. The largest absolute Gasteiger partial charge is 0.467 e. The molecule has 1 heterocycles. The van der Waals surface area contributed by atoms with Crippen LogP contribution < -0.4 is 4.74 Å². The summed E-state index contributed by atoms with van der Waals surface area (Å²) in [7, 11) is 0. The normalized spacial score (nSPS) is 12.7. The number of hydrogen-bond acceptors (Lipinski definition) is 3. The molecule has 3 nitrogen and oxygen atoms in total. The third kappa shape index (κ3) is 4.29. The highest BCUT2D eigenvalue weighted by Crippen LogP contribution is 2.18. The third-order valence-electron chi connectivity index (χ3n) is 1.35. The lowest BCUT2D eigenvalue weighted by Gasteiger charge is -2.07. The van der Waals surface area contributed by atoms with Crippen LogP contribution in [0.1, 0.15) is 5.69 Å². The number of halogens is 5. The summed E-state index contributed by atoms with van der Waals surface area (Å²) in [6.07, 6.45) is -2.51. The van der Waals surface area contributed by atoms with Gasteiger partial charge in [0.1, 0.15) is 5.69 Å². The molecule has 88 valence electrons. The van der Waals surface area contributed by atoms with E-state index < -0.39 is 18.6 Å². The smallest absolute Gasteiger partial charge is 0.422 e. The molecule has 0 fully saturated rings. The van der Waals surface area contributed by atoms with Gasteiger partial charge in [0.05, 0.1) is 12.4 Å². The summed E-state index contributed by atoms with van der Waals surface area (Å²) in [5, 5.41) is 0. The van der Waals surface area contributed by atoms with Gasteiger partial charge in [-0.15, -0.1) is 0 Å². The molecule has 1 rings (SSSR count). The van der Waals surface area contributed by atoms with Crippen molar-refractivity contribution in [1.82, 2.24) is 9.97 Å². The fourth-order valence-corrected chi connectivity index (χ4v) is 1.04. The minimum atomic E-state index is -4.44. The highest BCUT2D eigenvalue weighted by Gasteiger charge is 2.28. The van der Waals surface area contributed by atoms with Crippen LogP contribution in [0.3, 0.4) is 0 Å². The maximum atomic E-state index is 12.9. The standard InChI is InChI=1S/C8H5F4IN2O/c9-5(1-13)6-2-15-7(3-14-6)16-4-8(10,11)12/h1-3H,4H2/b5-1-. The van der Waals surface area contributed by atoms with Crippen molar-refractivity contribution < 1.29 is 22.3 Å². The van der Waals surface area contributed by atoms with Crippen molar-refractivity contribution in [2.45, 2.75) is 6.18 Å². The summed E-state index contributed by atoms with van der Waals surface area (Å²) in [4.78, 5) is 7.03. The van der Waals surface area contributed by atoms with E-state index in [-0.39, 0.29) is 11.6 Å². The van der Waals surface area contributed by atoms with Crippen LogP contribution in [0.5, 0.6) is 5.88 Å². The predicted molar refractivity (Wildman–Crippen MR) is 56.7 cm³/mol. The molecule has 0 atom stereocenters. The van der Waals surface area contributed by atoms with E-state index in [1.165, 1.54) is 0 Å². The van der Waals surface area contributed by atoms with Gasteiger partial charge < -0.3 is 4.74 Å². The first-order chi connectivity index (χ1) is 7.42. The highest BCUT2D eigenvalue weighted by atomic mass is 127. The first-order valence-electron chi connectivity index (χ1n) is 3.90. The Morgan fingerprint density at radius 3 is 2.50 bits per heavy atom. The molecule has 0 unspecified atom stereocenters. The zero-order chi connectivity index (χ0) is 12.2. The summed E-state index contributed by atoms with van der Waals surface area (Å²) >= 11 is 1.67. The molecular formula is C8H5F4IN2O. The van der Waals surface area contributed by atoms with Crippen molar-refractivity contribution in [1.29, 1.82) is 0 Å². The average molecular weight is 348 g/mol. The minimum absolute atomic E-state index is 0.0613. The van der Waals surface area contributed by atoms with E-state index in [9.17, 15) is 17.6 Å². The Labute approximate surface area is 102 Å².